The van der Waals surface area contributed by atoms with E-state index in [4.69, 9.17) is 9.97 Å². The van der Waals surface area contributed by atoms with Gasteiger partial charge in [-0.1, -0.05) is 0 Å². The van der Waals surface area contributed by atoms with Crippen molar-refractivity contribution in [3.8, 4) is 0 Å². The summed E-state index contributed by atoms with van der Waals surface area (Å²) in [5.41, 5.74) is 12.4. The number of carboxylic acid groups (broad SMARTS) is 2. The average molecular weight is 628 g/mol. The Kier molecular flexibility index (Phi) is 8.20. The number of allylic oxidation sites excluding steroid dienone is 3. The topological polar surface area (TPSA) is 132 Å². The van der Waals surface area contributed by atoms with Crippen LogP contribution in [0.3, 0.4) is 0 Å². The molecule has 0 radical (unpaired) electrons. The van der Waals surface area contributed by atoms with E-state index in [9.17, 15) is 19.8 Å². The number of carboxylic acids is 2. The van der Waals surface area contributed by atoms with Crippen LogP contribution in [0.2, 0.25) is 0 Å². The van der Waals surface area contributed by atoms with E-state index in [-0.39, 0.29) is 38.7 Å². The van der Waals surface area contributed by atoms with Gasteiger partial charge in [0.15, 0.2) is 0 Å². The number of nitrogens with one attached hydrogen (secondary N) is 2. The monoisotopic (exact) mass is 628 g/mol. The Bertz CT molecular complexity index is 1730. The predicted molar refractivity (Wildman–Crippen MR) is 159 cm³/mol. The van der Waals surface area contributed by atoms with Crippen LogP contribution in [0.25, 0.3) is 44.9 Å². The molecule has 0 atom stereocenters. The quantitative estimate of drug-likeness (QED) is 0.300. The molecule has 0 saturated heterocycles. The Morgan fingerprint density at radius 2 is 1.46 bits per heavy atom. The SMILES string of the molecule is CC1=Cc2cc3[nH]c(cc4nc(cc5[nH]c(cc1n2)c(C)c5CCC(=O)O)C(CCC(=O)O)=C4C)cc3C.[InH3]. The van der Waals surface area contributed by atoms with Crippen molar-refractivity contribution >= 4 is 82.6 Å². The fourth-order valence-electron chi connectivity index (χ4n) is 5.11. The second-order valence-electron chi connectivity index (χ2n) is 9.98. The first-order valence-electron chi connectivity index (χ1n) is 12.6. The number of rotatable bonds is 6. The van der Waals surface area contributed by atoms with Gasteiger partial charge in [0.05, 0.1) is 22.8 Å². The zero-order chi connectivity index (χ0) is 27.1. The molecule has 9 heteroatoms. The summed E-state index contributed by atoms with van der Waals surface area (Å²) in [6, 6.07) is 9.98. The Morgan fingerprint density at radius 3 is 2.18 bits per heavy atom. The van der Waals surface area contributed by atoms with Crippen LogP contribution in [0.4, 0.5) is 0 Å². The van der Waals surface area contributed by atoms with Crippen molar-refractivity contribution in [3.05, 3.63) is 69.8 Å². The van der Waals surface area contributed by atoms with Gasteiger partial charge < -0.3 is 20.2 Å². The van der Waals surface area contributed by atoms with Gasteiger partial charge in [0.25, 0.3) is 0 Å². The van der Waals surface area contributed by atoms with Crippen LogP contribution in [0.15, 0.2) is 30.3 Å². The first-order valence-corrected chi connectivity index (χ1v) is 12.6. The van der Waals surface area contributed by atoms with Gasteiger partial charge in [0, 0.05) is 34.9 Å². The van der Waals surface area contributed by atoms with E-state index in [2.05, 4.69) is 16.0 Å². The van der Waals surface area contributed by atoms with E-state index < -0.39 is 11.9 Å². The zero-order valence-electron chi connectivity index (χ0n) is 21.9. The summed E-state index contributed by atoms with van der Waals surface area (Å²) in [5, 5.41) is 18.7. The van der Waals surface area contributed by atoms with Crippen molar-refractivity contribution < 1.29 is 19.8 Å². The molecule has 8 bridgehead atoms. The molecule has 2 aliphatic rings. The summed E-state index contributed by atoms with van der Waals surface area (Å²) in [4.78, 5) is 39.5. The first kappa shape index (κ1) is 28.4. The summed E-state index contributed by atoms with van der Waals surface area (Å²) in [7, 11) is 0. The van der Waals surface area contributed by atoms with Crippen molar-refractivity contribution in [2.45, 2.75) is 53.4 Å². The number of hydrogen-bond donors (Lipinski definition) is 4. The molecule has 0 spiro atoms. The van der Waals surface area contributed by atoms with E-state index in [0.29, 0.717) is 18.5 Å². The van der Waals surface area contributed by atoms with Gasteiger partial charge in [-0.15, -0.1) is 0 Å². The van der Waals surface area contributed by atoms with Crippen LogP contribution < -0.4 is 0 Å². The third kappa shape index (κ3) is 5.88. The van der Waals surface area contributed by atoms with Gasteiger partial charge in [-0.2, -0.15) is 0 Å². The fraction of sp³-hybridized carbons (Fsp3) is 0.267. The molecule has 0 amide bonds. The zero-order valence-corrected chi connectivity index (χ0v) is 21.9. The number of aromatic amines is 2. The van der Waals surface area contributed by atoms with E-state index in [1.54, 1.807) is 0 Å². The molecule has 4 N–H and O–H groups in total. The van der Waals surface area contributed by atoms with Gasteiger partial charge in [-0.05, 0) is 110 Å². The van der Waals surface area contributed by atoms with Crippen molar-refractivity contribution in [2.75, 3.05) is 0 Å². The molecule has 2 aliphatic heterocycles. The number of fused-ring (bicyclic) bond motifs is 8. The maximum atomic E-state index is 11.4. The van der Waals surface area contributed by atoms with Crippen LogP contribution in [0.1, 0.15) is 72.6 Å². The van der Waals surface area contributed by atoms with Crippen LogP contribution >= 0.6 is 0 Å². The van der Waals surface area contributed by atoms with E-state index in [0.717, 1.165) is 72.6 Å². The van der Waals surface area contributed by atoms with E-state index in [1.165, 1.54) is 0 Å². The number of nitrogens with zero attached hydrogens (tertiary/aromatic N) is 2. The Hall–Kier alpha value is -3.59. The molecule has 3 aromatic rings. The number of aromatic nitrogens is 4. The Balaban J connectivity index is 0.00000353. The molecule has 0 saturated carbocycles. The second kappa shape index (κ2) is 11.3. The van der Waals surface area contributed by atoms with Crippen molar-refractivity contribution in [3.63, 3.8) is 0 Å². The molecule has 5 heterocycles. The van der Waals surface area contributed by atoms with Crippen molar-refractivity contribution in [1.82, 2.24) is 19.9 Å². The minimum absolute atomic E-state index is 0. The number of aliphatic carboxylic acids is 2. The number of hydrogen-bond acceptors (Lipinski definition) is 4. The van der Waals surface area contributed by atoms with Gasteiger partial charge in [-0.25, -0.2) is 9.97 Å². The third-order valence-electron chi connectivity index (χ3n) is 7.26. The Morgan fingerprint density at radius 1 is 0.769 bits per heavy atom. The van der Waals surface area contributed by atoms with Gasteiger partial charge in [-0.3, -0.25) is 9.59 Å². The molecular weight excluding hydrogens is 595 g/mol. The number of carbonyl (C=O) groups is 2. The molecule has 5 rings (SSSR count). The summed E-state index contributed by atoms with van der Waals surface area (Å²) in [5.74, 6) is -1.73. The molecule has 0 aliphatic carbocycles. The third-order valence-corrected chi connectivity index (χ3v) is 7.26. The van der Waals surface area contributed by atoms with Crippen LogP contribution in [0.5, 0.6) is 0 Å². The molecule has 0 aromatic carbocycles. The molecule has 0 fully saturated rings. The van der Waals surface area contributed by atoms with Crippen molar-refractivity contribution in [2.24, 2.45) is 0 Å². The summed E-state index contributed by atoms with van der Waals surface area (Å²) in [6.07, 6.45) is 2.74. The molecule has 3 aromatic heterocycles. The summed E-state index contributed by atoms with van der Waals surface area (Å²) >= 11 is 0. The van der Waals surface area contributed by atoms with Crippen LogP contribution in [-0.4, -0.2) is 67.9 Å². The van der Waals surface area contributed by atoms with Gasteiger partial charge in [0.2, 0.25) is 0 Å². The molecule has 39 heavy (non-hydrogen) atoms. The number of H-pyrrole nitrogens is 2. The maximum absolute atomic E-state index is 11.4. The van der Waals surface area contributed by atoms with Crippen LogP contribution in [0, 0.1) is 13.8 Å². The minimum atomic E-state index is -0.868. The van der Waals surface area contributed by atoms with Crippen LogP contribution in [-0.2, 0) is 16.0 Å². The van der Waals surface area contributed by atoms with E-state index >= 15 is 0 Å². The standard InChI is InChI=1S/C30H30N4O4.In.3H/c1-15-9-20-12-25-17(3)21(5-7-29(35)36)27(33-25)14-28-22(6-8-30(37)38)18(4)26(34-28)13-24-16(2)10-19(32-24)11-23(15)31-20;;;;/h9-14,31,34H,5-8H2,1-4H3,(H,35,36)(H,37,38);;;;. The van der Waals surface area contributed by atoms with Crippen molar-refractivity contribution in [1.29, 1.82) is 0 Å². The van der Waals surface area contributed by atoms with E-state index in [1.807, 2.05) is 58.0 Å². The molecule has 200 valence electrons. The summed E-state index contributed by atoms with van der Waals surface area (Å²) < 4.78 is 0. The molecule has 8 nitrogen and oxygen atoms in total. The fourth-order valence-corrected chi connectivity index (χ4v) is 5.11. The van der Waals surface area contributed by atoms with Gasteiger partial charge in [0.1, 0.15) is 0 Å². The Labute approximate surface area is 244 Å². The second-order valence-corrected chi connectivity index (χ2v) is 9.98. The average Bonchev–Trinajstić information content (AvgIpc) is 3.53. The van der Waals surface area contributed by atoms with Gasteiger partial charge >= 0.3 is 37.8 Å². The molecular formula is C30H33InN4O4. The molecule has 0 unspecified atom stereocenters. The summed E-state index contributed by atoms with van der Waals surface area (Å²) in [6.45, 7) is 8.01. The normalized spacial score (nSPS) is 12.8. The number of aryl methyl sites for hydroxylation is 3. The predicted octanol–water partition coefficient (Wildman–Crippen LogP) is 5.12. The first-order chi connectivity index (χ1) is 18.1.